The van der Waals surface area contributed by atoms with Gasteiger partial charge >= 0.3 is 0 Å². The second-order valence-corrected chi connectivity index (χ2v) is 6.65. The van der Waals surface area contributed by atoms with E-state index in [1.54, 1.807) is 18.2 Å². The van der Waals surface area contributed by atoms with Crippen molar-refractivity contribution in [3.8, 4) is 5.75 Å². The number of fused-ring (bicyclic) bond motifs is 2. The Morgan fingerprint density at radius 3 is 3.00 bits per heavy atom. The fourth-order valence-electron chi connectivity index (χ4n) is 3.65. The van der Waals surface area contributed by atoms with Crippen molar-refractivity contribution in [1.82, 2.24) is 5.32 Å². The third-order valence-electron chi connectivity index (χ3n) is 4.87. The third-order valence-corrected chi connectivity index (χ3v) is 4.87. The van der Waals surface area contributed by atoms with Crippen molar-refractivity contribution >= 4 is 23.2 Å². The van der Waals surface area contributed by atoms with E-state index in [2.05, 4.69) is 40.7 Å². The van der Waals surface area contributed by atoms with Gasteiger partial charge in [0, 0.05) is 24.8 Å². The smallest absolute Gasteiger partial charge is 0.262 e. The van der Waals surface area contributed by atoms with E-state index in [1.165, 1.54) is 11.3 Å². The predicted molar refractivity (Wildman–Crippen MR) is 99.9 cm³/mol. The molecule has 2 aromatic carbocycles. The number of carbonyl (C=O) groups is 2. The van der Waals surface area contributed by atoms with Gasteiger partial charge in [-0.15, -0.1) is 0 Å². The summed E-state index contributed by atoms with van der Waals surface area (Å²) in [6, 6.07) is 14.0. The van der Waals surface area contributed by atoms with E-state index in [-0.39, 0.29) is 18.4 Å². The van der Waals surface area contributed by atoms with Crippen LogP contribution in [0.3, 0.4) is 0 Å². The molecule has 2 aliphatic rings. The van der Waals surface area contributed by atoms with E-state index in [0.29, 0.717) is 29.6 Å². The number of amides is 2. The molecule has 1 unspecified atom stereocenters. The number of anilines is 2. The number of nitrogens with one attached hydrogen (secondary N) is 2. The molecule has 2 amide bonds. The van der Waals surface area contributed by atoms with Gasteiger partial charge in [0.05, 0.1) is 11.3 Å². The van der Waals surface area contributed by atoms with Gasteiger partial charge in [0.1, 0.15) is 0 Å². The molecule has 0 bridgehead atoms. The molecule has 0 aromatic heterocycles. The zero-order valence-corrected chi connectivity index (χ0v) is 14.6. The molecule has 26 heavy (non-hydrogen) atoms. The average Bonchev–Trinajstić information content (AvgIpc) is 2.96. The van der Waals surface area contributed by atoms with Gasteiger partial charge < -0.3 is 20.3 Å². The first-order chi connectivity index (χ1) is 12.6. The lowest BCUT2D eigenvalue weighted by atomic mass is 10.1. The quantitative estimate of drug-likeness (QED) is 0.886. The zero-order chi connectivity index (χ0) is 18.1. The van der Waals surface area contributed by atoms with Crippen molar-refractivity contribution in [2.24, 2.45) is 0 Å². The molecular weight excluding hydrogens is 330 g/mol. The van der Waals surface area contributed by atoms with Crippen LogP contribution in [0.4, 0.5) is 11.4 Å². The summed E-state index contributed by atoms with van der Waals surface area (Å²) in [6.45, 7) is 3.41. The molecule has 2 aliphatic heterocycles. The summed E-state index contributed by atoms with van der Waals surface area (Å²) < 4.78 is 5.45. The van der Waals surface area contributed by atoms with Crippen LogP contribution in [0.1, 0.15) is 22.8 Å². The maximum Gasteiger partial charge on any atom is 0.262 e. The van der Waals surface area contributed by atoms with Crippen molar-refractivity contribution in [3.05, 3.63) is 53.6 Å². The van der Waals surface area contributed by atoms with Gasteiger partial charge in [-0.2, -0.15) is 0 Å². The van der Waals surface area contributed by atoms with Crippen molar-refractivity contribution in [1.29, 1.82) is 0 Å². The minimum atomic E-state index is -0.211. The van der Waals surface area contributed by atoms with E-state index in [0.717, 1.165) is 13.0 Å². The summed E-state index contributed by atoms with van der Waals surface area (Å²) >= 11 is 0. The fraction of sp³-hybridized carbons (Fsp3) is 0.300. The zero-order valence-electron chi connectivity index (χ0n) is 14.6. The molecule has 0 spiro atoms. The number of benzene rings is 2. The van der Waals surface area contributed by atoms with Gasteiger partial charge in [0.25, 0.3) is 11.8 Å². The van der Waals surface area contributed by atoms with Gasteiger partial charge in [0.2, 0.25) is 0 Å². The largest absolute Gasteiger partial charge is 0.481 e. The van der Waals surface area contributed by atoms with Gasteiger partial charge in [-0.25, -0.2) is 0 Å². The van der Waals surface area contributed by atoms with Crippen LogP contribution in [-0.2, 0) is 11.2 Å². The normalized spacial score (nSPS) is 17.8. The molecule has 134 valence electrons. The van der Waals surface area contributed by atoms with Crippen LogP contribution in [0.25, 0.3) is 0 Å². The molecule has 1 atom stereocenters. The summed E-state index contributed by atoms with van der Waals surface area (Å²) in [5, 5.41) is 5.69. The minimum absolute atomic E-state index is 0.0701. The van der Waals surface area contributed by atoms with Crippen LogP contribution in [0.5, 0.6) is 5.75 Å². The summed E-state index contributed by atoms with van der Waals surface area (Å²) in [6.07, 6.45) is 1.03. The lowest BCUT2D eigenvalue weighted by Crippen LogP contribution is -2.38. The molecule has 6 nitrogen and oxygen atoms in total. The SMILES string of the molecule is CC1Cc2ccccc2N1CCNC(=O)c1cccc2c1OCC(=O)N2. The Morgan fingerprint density at radius 2 is 2.12 bits per heavy atom. The molecule has 2 N–H and O–H groups in total. The highest BCUT2D eigenvalue weighted by Gasteiger charge is 2.26. The molecule has 0 radical (unpaired) electrons. The number of para-hydroxylation sites is 2. The minimum Gasteiger partial charge on any atom is -0.481 e. The maximum absolute atomic E-state index is 12.6. The Labute approximate surface area is 152 Å². The van der Waals surface area contributed by atoms with Crippen molar-refractivity contribution in [2.45, 2.75) is 19.4 Å². The fourth-order valence-corrected chi connectivity index (χ4v) is 3.65. The van der Waals surface area contributed by atoms with Gasteiger partial charge in [0.15, 0.2) is 12.4 Å². The number of carbonyl (C=O) groups excluding carboxylic acids is 2. The van der Waals surface area contributed by atoms with Crippen LogP contribution in [0.15, 0.2) is 42.5 Å². The first kappa shape index (κ1) is 16.4. The van der Waals surface area contributed by atoms with E-state index in [1.807, 2.05) is 6.07 Å². The average molecular weight is 351 g/mol. The molecule has 2 heterocycles. The highest BCUT2D eigenvalue weighted by atomic mass is 16.5. The second kappa shape index (κ2) is 6.71. The highest BCUT2D eigenvalue weighted by Crippen LogP contribution is 2.32. The second-order valence-electron chi connectivity index (χ2n) is 6.65. The summed E-state index contributed by atoms with van der Waals surface area (Å²) in [5.41, 5.74) is 3.58. The van der Waals surface area contributed by atoms with E-state index < -0.39 is 0 Å². The standard InChI is InChI=1S/C20H21N3O3/c1-13-11-14-5-2-3-8-17(14)23(13)10-9-21-20(25)15-6-4-7-16-19(15)26-12-18(24)22-16/h2-8,13H,9-12H2,1H3,(H,21,25)(H,22,24). The summed E-state index contributed by atoms with van der Waals surface area (Å²) in [5.74, 6) is 0.0272. The van der Waals surface area contributed by atoms with Crippen molar-refractivity contribution < 1.29 is 14.3 Å². The third kappa shape index (κ3) is 2.98. The summed E-state index contributed by atoms with van der Waals surface area (Å²) in [7, 11) is 0. The Kier molecular flexibility index (Phi) is 4.24. The number of nitrogens with zero attached hydrogens (tertiary/aromatic N) is 1. The van der Waals surface area contributed by atoms with Crippen LogP contribution >= 0.6 is 0 Å². The first-order valence-electron chi connectivity index (χ1n) is 8.82. The van der Waals surface area contributed by atoms with Crippen LogP contribution < -0.4 is 20.3 Å². The lowest BCUT2D eigenvalue weighted by molar-refractivity contribution is -0.118. The van der Waals surface area contributed by atoms with Gasteiger partial charge in [-0.3, -0.25) is 9.59 Å². The van der Waals surface area contributed by atoms with Gasteiger partial charge in [-0.05, 0) is 37.1 Å². The molecule has 2 aromatic rings. The van der Waals surface area contributed by atoms with E-state index in [9.17, 15) is 9.59 Å². The monoisotopic (exact) mass is 351 g/mol. The summed E-state index contributed by atoms with van der Waals surface area (Å²) in [4.78, 5) is 26.3. The topological polar surface area (TPSA) is 70.7 Å². The van der Waals surface area contributed by atoms with Crippen LogP contribution in [-0.4, -0.2) is 37.6 Å². The molecule has 4 rings (SSSR count). The van der Waals surface area contributed by atoms with E-state index in [4.69, 9.17) is 4.74 Å². The van der Waals surface area contributed by atoms with Crippen molar-refractivity contribution in [2.75, 3.05) is 29.9 Å². The number of hydrogen-bond donors (Lipinski definition) is 2. The lowest BCUT2D eigenvalue weighted by Gasteiger charge is -2.25. The Balaban J connectivity index is 1.41. The van der Waals surface area contributed by atoms with Crippen LogP contribution in [0, 0.1) is 0 Å². The van der Waals surface area contributed by atoms with Crippen molar-refractivity contribution in [3.63, 3.8) is 0 Å². The molecule has 0 saturated carbocycles. The maximum atomic E-state index is 12.6. The molecule has 0 fully saturated rings. The Bertz CT molecular complexity index is 865. The molecule has 0 aliphatic carbocycles. The predicted octanol–water partition coefficient (Wildman–Crippen LogP) is 2.20. The van der Waals surface area contributed by atoms with Crippen LogP contribution in [0.2, 0.25) is 0 Å². The molecular formula is C20H21N3O3. The number of rotatable bonds is 4. The number of hydrogen-bond acceptors (Lipinski definition) is 4. The molecule has 6 heteroatoms. The number of ether oxygens (including phenoxy) is 1. The highest BCUT2D eigenvalue weighted by molar-refractivity contribution is 6.03. The molecule has 0 saturated heterocycles. The van der Waals surface area contributed by atoms with E-state index >= 15 is 0 Å². The Hall–Kier alpha value is -3.02. The van der Waals surface area contributed by atoms with Gasteiger partial charge in [-0.1, -0.05) is 24.3 Å². The first-order valence-corrected chi connectivity index (χ1v) is 8.82. The Morgan fingerprint density at radius 1 is 1.27 bits per heavy atom.